The van der Waals surface area contributed by atoms with Crippen LogP contribution in [0.2, 0.25) is 0 Å². The van der Waals surface area contributed by atoms with E-state index in [1.54, 1.807) is 24.9 Å². The van der Waals surface area contributed by atoms with Crippen LogP contribution in [0.5, 0.6) is 0 Å². The molecule has 0 aromatic heterocycles. The average Bonchev–Trinajstić information content (AvgIpc) is 2.25. The molecule has 17 heavy (non-hydrogen) atoms. The molecule has 0 bridgehead atoms. The minimum atomic E-state index is -0.392. The zero-order valence-electron chi connectivity index (χ0n) is 10.7. The Bertz CT molecular complexity index is 503. The first-order chi connectivity index (χ1) is 7.83. The van der Waals surface area contributed by atoms with Crippen LogP contribution in [0.1, 0.15) is 36.7 Å². The van der Waals surface area contributed by atoms with Gasteiger partial charge in [-0.15, -0.1) is 0 Å². The Kier molecular flexibility index (Phi) is 2.57. The summed E-state index contributed by atoms with van der Waals surface area (Å²) in [5, 5.41) is 0. The van der Waals surface area contributed by atoms with E-state index in [9.17, 15) is 9.59 Å². The molecule has 1 aliphatic rings. The molecular weight excluding hydrogens is 214 g/mol. The monoisotopic (exact) mass is 231 g/mol. The highest BCUT2D eigenvalue weighted by Crippen LogP contribution is 2.36. The maximum atomic E-state index is 12.1. The molecule has 1 amide bonds. The number of carbonyl (C=O) groups excluding carboxylic acids is 2. The zero-order chi connectivity index (χ0) is 12.8. The molecule has 1 heterocycles. The van der Waals surface area contributed by atoms with Crippen molar-refractivity contribution in [3.05, 3.63) is 29.3 Å². The lowest BCUT2D eigenvalue weighted by Gasteiger charge is -2.36. The molecule has 2 rings (SSSR count). The van der Waals surface area contributed by atoms with E-state index in [-0.39, 0.29) is 11.7 Å². The lowest BCUT2D eigenvalue weighted by atomic mass is 9.80. The average molecular weight is 231 g/mol. The van der Waals surface area contributed by atoms with Gasteiger partial charge in [0, 0.05) is 23.7 Å². The van der Waals surface area contributed by atoms with E-state index in [0.29, 0.717) is 12.0 Å². The van der Waals surface area contributed by atoms with Crippen LogP contribution in [0.3, 0.4) is 0 Å². The van der Waals surface area contributed by atoms with Crippen molar-refractivity contribution >= 4 is 17.4 Å². The molecule has 0 atom stereocenters. The highest BCUT2D eigenvalue weighted by atomic mass is 16.2. The first-order valence-electron chi connectivity index (χ1n) is 5.75. The summed E-state index contributed by atoms with van der Waals surface area (Å²) >= 11 is 0. The van der Waals surface area contributed by atoms with Crippen molar-refractivity contribution in [3.63, 3.8) is 0 Å². The van der Waals surface area contributed by atoms with Gasteiger partial charge >= 0.3 is 0 Å². The summed E-state index contributed by atoms with van der Waals surface area (Å²) in [5.74, 6) is 0.186. The number of amides is 1. The van der Waals surface area contributed by atoms with Crippen LogP contribution < -0.4 is 4.90 Å². The molecule has 0 unspecified atom stereocenters. The van der Waals surface area contributed by atoms with E-state index in [0.717, 1.165) is 11.3 Å². The summed E-state index contributed by atoms with van der Waals surface area (Å²) in [6.07, 6.45) is 0.687. The molecule has 0 spiro atoms. The quantitative estimate of drug-likeness (QED) is 0.696. The minimum Gasteiger partial charge on any atom is -0.315 e. The number of benzene rings is 1. The van der Waals surface area contributed by atoms with Gasteiger partial charge in [0.2, 0.25) is 5.91 Å². The molecule has 1 aromatic carbocycles. The van der Waals surface area contributed by atoms with Gasteiger partial charge in [-0.2, -0.15) is 0 Å². The Morgan fingerprint density at radius 1 is 1.35 bits per heavy atom. The molecule has 0 radical (unpaired) electrons. The third-order valence-corrected chi connectivity index (χ3v) is 3.36. The Morgan fingerprint density at radius 2 is 2.00 bits per heavy atom. The molecule has 0 fully saturated rings. The fourth-order valence-electron chi connectivity index (χ4n) is 2.39. The first-order valence-corrected chi connectivity index (χ1v) is 5.75. The van der Waals surface area contributed by atoms with Crippen LogP contribution in [-0.2, 0) is 11.2 Å². The molecule has 0 aliphatic carbocycles. The van der Waals surface area contributed by atoms with Crippen molar-refractivity contribution in [3.8, 4) is 0 Å². The van der Waals surface area contributed by atoms with E-state index in [2.05, 4.69) is 0 Å². The van der Waals surface area contributed by atoms with E-state index in [1.807, 2.05) is 26.0 Å². The van der Waals surface area contributed by atoms with Crippen LogP contribution in [-0.4, -0.2) is 18.7 Å². The van der Waals surface area contributed by atoms with E-state index in [4.69, 9.17) is 0 Å². The van der Waals surface area contributed by atoms with Crippen LogP contribution in [0, 0.1) is 5.41 Å². The highest BCUT2D eigenvalue weighted by molar-refractivity contribution is 6.01. The van der Waals surface area contributed by atoms with E-state index < -0.39 is 5.41 Å². The smallest absolute Gasteiger partial charge is 0.232 e. The number of hydrogen-bond acceptors (Lipinski definition) is 2. The van der Waals surface area contributed by atoms with Gasteiger partial charge in [-0.3, -0.25) is 9.59 Å². The predicted molar refractivity (Wildman–Crippen MR) is 67.3 cm³/mol. The Hall–Kier alpha value is -1.64. The predicted octanol–water partition coefficient (Wildman–Crippen LogP) is 2.43. The van der Waals surface area contributed by atoms with Crippen LogP contribution in [0.4, 0.5) is 5.69 Å². The van der Waals surface area contributed by atoms with Gasteiger partial charge in [0.1, 0.15) is 0 Å². The number of carbonyl (C=O) groups is 2. The lowest BCUT2D eigenvalue weighted by Crippen LogP contribution is -2.44. The fraction of sp³-hybridized carbons (Fsp3) is 0.429. The van der Waals surface area contributed by atoms with Gasteiger partial charge < -0.3 is 4.90 Å². The second kappa shape index (κ2) is 3.69. The van der Waals surface area contributed by atoms with E-state index in [1.165, 1.54) is 0 Å². The number of ketones is 1. The summed E-state index contributed by atoms with van der Waals surface area (Å²) in [5.41, 5.74) is 2.31. The van der Waals surface area contributed by atoms with Gasteiger partial charge in [0.15, 0.2) is 5.78 Å². The molecular formula is C14H17NO2. The summed E-state index contributed by atoms with van der Waals surface area (Å²) in [6.45, 7) is 5.44. The van der Waals surface area contributed by atoms with Gasteiger partial charge in [-0.1, -0.05) is 13.8 Å². The SMILES string of the molecule is CC(=O)c1ccc2c(c1)CC(C)(C)C(=O)N2C. The molecule has 90 valence electrons. The largest absolute Gasteiger partial charge is 0.315 e. The van der Waals surface area contributed by atoms with Crippen LogP contribution in [0.15, 0.2) is 18.2 Å². The Balaban J connectivity index is 2.54. The number of fused-ring (bicyclic) bond motifs is 1. The van der Waals surface area contributed by atoms with Crippen molar-refractivity contribution in [1.29, 1.82) is 0 Å². The molecule has 0 saturated carbocycles. The van der Waals surface area contributed by atoms with Crippen molar-refractivity contribution in [2.75, 3.05) is 11.9 Å². The standard InChI is InChI=1S/C14H17NO2/c1-9(16)10-5-6-12-11(7-10)8-14(2,3)13(17)15(12)4/h5-7H,8H2,1-4H3. The maximum absolute atomic E-state index is 12.1. The van der Waals surface area contributed by atoms with Gasteiger partial charge in [-0.05, 0) is 37.1 Å². The summed E-state index contributed by atoms with van der Waals surface area (Å²) in [4.78, 5) is 25.1. The number of rotatable bonds is 1. The normalized spacial score (nSPS) is 17.9. The number of Topliss-reactive ketones (excluding diaryl/α,β-unsaturated/α-hetero) is 1. The molecule has 3 heteroatoms. The van der Waals surface area contributed by atoms with Crippen molar-refractivity contribution in [2.45, 2.75) is 27.2 Å². The van der Waals surface area contributed by atoms with Crippen molar-refractivity contribution in [2.24, 2.45) is 5.41 Å². The fourth-order valence-corrected chi connectivity index (χ4v) is 2.39. The highest BCUT2D eigenvalue weighted by Gasteiger charge is 2.37. The second-order valence-electron chi connectivity index (χ2n) is 5.32. The maximum Gasteiger partial charge on any atom is 0.232 e. The summed E-state index contributed by atoms with van der Waals surface area (Å²) < 4.78 is 0. The first kappa shape index (κ1) is 11.8. The van der Waals surface area contributed by atoms with Crippen LogP contribution in [0.25, 0.3) is 0 Å². The third kappa shape index (κ3) is 1.86. The topological polar surface area (TPSA) is 37.4 Å². The molecule has 3 nitrogen and oxygen atoms in total. The lowest BCUT2D eigenvalue weighted by molar-refractivity contribution is -0.126. The Labute approximate surface area is 101 Å². The number of nitrogens with zero attached hydrogens (tertiary/aromatic N) is 1. The van der Waals surface area contributed by atoms with Crippen molar-refractivity contribution in [1.82, 2.24) is 0 Å². The summed E-state index contributed by atoms with van der Waals surface area (Å²) in [7, 11) is 1.79. The third-order valence-electron chi connectivity index (χ3n) is 3.36. The summed E-state index contributed by atoms with van der Waals surface area (Å²) in [6, 6.07) is 5.55. The molecule has 1 aromatic rings. The number of anilines is 1. The van der Waals surface area contributed by atoms with Gasteiger partial charge in [0.05, 0.1) is 0 Å². The minimum absolute atomic E-state index is 0.0603. The van der Waals surface area contributed by atoms with Gasteiger partial charge in [0.25, 0.3) is 0 Å². The Morgan fingerprint density at radius 3 is 2.59 bits per heavy atom. The second-order valence-corrected chi connectivity index (χ2v) is 5.32. The molecule has 0 saturated heterocycles. The number of hydrogen-bond donors (Lipinski definition) is 0. The molecule has 0 N–H and O–H groups in total. The van der Waals surface area contributed by atoms with Crippen LogP contribution >= 0.6 is 0 Å². The zero-order valence-corrected chi connectivity index (χ0v) is 10.7. The molecule has 1 aliphatic heterocycles. The van der Waals surface area contributed by atoms with E-state index >= 15 is 0 Å². The van der Waals surface area contributed by atoms with Gasteiger partial charge in [-0.25, -0.2) is 0 Å². The van der Waals surface area contributed by atoms with Crippen molar-refractivity contribution < 1.29 is 9.59 Å².